The number of fused-ring (bicyclic) bond motifs is 1. The molecule has 0 aliphatic heterocycles. The zero-order chi connectivity index (χ0) is 18.8. The van der Waals surface area contributed by atoms with E-state index in [1.807, 2.05) is 6.92 Å². The number of nitrogens with one attached hydrogen (secondary N) is 1. The second kappa shape index (κ2) is 7.65. The third-order valence-corrected chi connectivity index (χ3v) is 6.11. The molecule has 1 amide bonds. The van der Waals surface area contributed by atoms with Gasteiger partial charge < -0.3 is 5.32 Å². The minimum atomic E-state index is -0.408. The second-order valence-electron chi connectivity index (χ2n) is 6.71. The molecule has 0 spiro atoms. The van der Waals surface area contributed by atoms with Gasteiger partial charge in [0.05, 0.1) is 11.1 Å². The molecule has 0 atom stereocenters. The van der Waals surface area contributed by atoms with Crippen LogP contribution in [0.5, 0.6) is 0 Å². The minimum Gasteiger partial charge on any atom is -0.353 e. The highest BCUT2D eigenvalue weighted by Gasteiger charge is 2.20. The highest BCUT2D eigenvalue weighted by atomic mass is 32.2. The van der Waals surface area contributed by atoms with Gasteiger partial charge in [0.2, 0.25) is 5.91 Å². The van der Waals surface area contributed by atoms with Crippen LogP contribution in [0.3, 0.4) is 0 Å². The van der Waals surface area contributed by atoms with Crippen molar-refractivity contribution in [1.82, 2.24) is 19.4 Å². The monoisotopic (exact) mass is 376 g/mol. The lowest BCUT2D eigenvalue weighted by molar-refractivity contribution is -0.119. The van der Waals surface area contributed by atoms with Crippen LogP contribution in [0.1, 0.15) is 38.2 Å². The third kappa shape index (κ3) is 3.42. The van der Waals surface area contributed by atoms with E-state index < -0.39 is 5.69 Å². The standard InChI is InChI=1S/C18H24N4O3S/c1-4-11-9-19-16-14(17(24)22(3)18(25)21(16)2)15(11)26-10-13(23)20-12-7-5-6-8-12/h9,12H,4-8,10H2,1-3H3,(H,20,23). The maximum absolute atomic E-state index is 12.7. The number of carbonyl (C=O) groups is 1. The number of carbonyl (C=O) groups excluding carboxylic acids is 1. The largest absolute Gasteiger partial charge is 0.353 e. The van der Waals surface area contributed by atoms with Gasteiger partial charge in [-0.15, -0.1) is 11.8 Å². The predicted molar refractivity (Wildman–Crippen MR) is 103 cm³/mol. The maximum atomic E-state index is 12.7. The van der Waals surface area contributed by atoms with Crippen molar-refractivity contribution in [2.45, 2.75) is 50.0 Å². The molecular formula is C18H24N4O3S. The van der Waals surface area contributed by atoms with Crippen molar-refractivity contribution >= 4 is 28.7 Å². The molecule has 26 heavy (non-hydrogen) atoms. The molecule has 2 aromatic rings. The Balaban J connectivity index is 1.97. The Morgan fingerprint density at radius 1 is 1.27 bits per heavy atom. The number of rotatable bonds is 5. The third-order valence-electron chi connectivity index (χ3n) is 4.94. The fourth-order valence-electron chi connectivity index (χ4n) is 3.44. The first kappa shape index (κ1) is 18.7. The Morgan fingerprint density at radius 3 is 2.62 bits per heavy atom. The fraction of sp³-hybridized carbons (Fsp3) is 0.556. The molecule has 8 heteroatoms. The van der Waals surface area contributed by atoms with Crippen LogP contribution in [0.2, 0.25) is 0 Å². The van der Waals surface area contributed by atoms with Gasteiger partial charge in [0.25, 0.3) is 5.56 Å². The van der Waals surface area contributed by atoms with Gasteiger partial charge in [-0.1, -0.05) is 19.8 Å². The first-order valence-electron chi connectivity index (χ1n) is 8.93. The summed E-state index contributed by atoms with van der Waals surface area (Å²) in [5.41, 5.74) is 0.486. The summed E-state index contributed by atoms with van der Waals surface area (Å²) in [4.78, 5) is 42.2. The van der Waals surface area contributed by atoms with Gasteiger partial charge in [-0.25, -0.2) is 9.78 Å². The van der Waals surface area contributed by atoms with Crippen molar-refractivity contribution in [2.24, 2.45) is 14.1 Å². The topological polar surface area (TPSA) is 86.0 Å². The Labute approximate surface area is 155 Å². The number of hydrogen-bond donors (Lipinski definition) is 1. The summed E-state index contributed by atoms with van der Waals surface area (Å²) in [6.07, 6.45) is 6.79. The quantitative estimate of drug-likeness (QED) is 0.796. The molecule has 0 unspecified atom stereocenters. The van der Waals surface area contributed by atoms with E-state index in [9.17, 15) is 14.4 Å². The van der Waals surface area contributed by atoms with Crippen LogP contribution in [-0.4, -0.2) is 31.8 Å². The molecule has 140 valence electrons. The number of hydrogen-bond acceptors (Lipinski definition) is 5. The molecule has 0 saturated heterocycles. The predicted octanol–water partition coefficient (Wildman–Crippen LogP) is 1.35. The van der Waals surface area contributed by atoms with E-state index in [1.54, 1.807) is 13.2 Å². The van der Waals surface area contributed by atoms with Crippen molar-refractivity contribution in [3.8, 4) is 0 Å². The maximum Gasteiger partial charge on any atom is 0.332 e. The van der Waals surface area contributed by atoms with Crippen LogP contribution >= 0.6 is 11.8 Å². The van der Waals surface area contributed by atoms with E-state index in [0.717, 1.165) is 40.7 Å². The molecule has 0 radical (unpaired) electrons. The van der Waals surface area contributed by atoms with Gasteiger partial charge in [0, 0.05) is 31.2 Å². The average Bonchev–Trinajstić information content (AvgIpc) is 3.14. The summed E-state index contributed by atoms with van der Waals surface area (Å²) < 4.78 is 2.46. The van der Waals surface area contributed by atoms with E-state index in [0.29, 0.717) is 17.5 Å². The molecule has 3 rings (SSSR count). The summed E-state index contributed by atoms with van der Waals surface area (Å²) in [7, 11) is 3.06. The summed E-state index contributed by atoms with van der Waals surface area (Å²) in [6, 6.07) is 0.275. The van der Waals surface area contributed by atoms with Crippen LogP contribution in [0.15, 0.2) is 20.7 Å². The van der Waals surface area contributed by atoms with Crippen molar-refractivity contribution in [3.05, 3.63) is 32.6 Å². The molecule has 1 aliphatic carbocycles. The molecule has 1 fully saturated rings. The lowest BCUT2D eigenvalue weighted by atomic mass is 10.2. The number of nitrogens with zero attached hydrogens (tertiary/aromatic N) is 3. The first-order valence-corrected chi connectivity index (χ1v) is 9.92. The number of aryl methyl sites for hydroxylation is 2. The van der Waals surface area contributed by atoms with Crippen molar-refractivity contribution in [2.75, 3.05) is 5.75 Å². The SMILES string of the molecule is CCc1cnc2c(c1SCC(=O)NC1CCCC1)c(=O)n(C)c(=O)n2C. The molecule has 2 aromatic heterocycles. The Bertz CT molecular complexity index is 958. The minimum absolute atomic E-state index is 0.0180. The van der Waals surface area contributed by atoms with Crippen molar-refractivity contribution in [1.29, 1.82) is 0 Å². The number of thioether (sulfide) groups is 1. The zero-order valence-corrected chi connectivity index (χ0v) is 16.2. The van der Waals surface area contributed by atoms with Crippen LogP contribution < -0.4 is 16.6 Å². The average molecular weight is 376 g/mol. The number of amides is 1. The molecule has 0 bridgehead atoms. The number of aromatic nitrogens is 3. The zero-order valence-electron chi connectivity index (χ0n) is 15.4. The lowest BCUT2D eigenvalue weighted by Gasteiger charge is -2.15. The highest BCUT2D eigenvalue weighted by Crippen LogP contribution is 2.28. The van der Waals surface area contributed by atoms with Gasteiger partial charge in [-0.2, -0.15) is 0 Å². The van der Waals surface area contributed by atoms with Gasteiger partial charge in [-0.05, 0) is 24.8 Å². The van der Waals surface area contributed by atoms with E-state index in [4.69, 9.17) is 0 Å². The van der Waals surface area contributed by atoms with E-state index >= 15 is 0 Å². The summed E-state index contributed by atoms with van der Waals surface area (Å²) in [5, 5.41) is 3.48. The molecule has 2 heterocycles. The van der Waals surface area contributed by atoms with Crippen molar-refractivity contribution < 1.29 is 4.79 Å². The summed E-state index contributed by atoms with van der Waals surface area (Å²) >= 11 is 1.35. The Morgan fingerprint density at radius 2 is 1.96 bits per heavy atom. The molecule has 1 saturated carbocycles. The van der Waals surface area contributed by atoms with Gasteiger partial charge in [0.1, 0.15) is 5.65 Å². The van der Waals surface area contributed by atoms with Gasteiger partial charge >= 0.3 is 5.69 Å². The Hall–Kier alpha value is -2.09. The normalized spacial score (nSPS) is 14.9. The lowest BCUT2D eigenvalue weighted by Crippen LogP contribution is -2.37. The second-order valence-corrected chi connectivity index (χ2v) is 7.69. The number of pyridine rings is 1. The molecule has 7 nitrogen and oxygen atoms in total. The smallest absolute Gasteiger partial charge is 0.332 e. The van der Waals surface area contributed by atoms with Gasteiger partial charge in [0.15, 0.2) is 0 Å². The van der Waals surface area contributed by atoms with Crippen LogP contribution in [-0.2, 0) is 25.3 Å². The molecule has 0 aromatic carbocycles. The highest BCUT2D eigenvalue weighted by molar-refractivity contribution is 8.00. The fourth-order valence-corrected chi connectivity index (χ4v) is 4.50. The summed E-state index contributed by atoms with van der Waals surface area (Å²) in [5.74, 6) is 0.227. The van der Waals surface area contributed by atoms with Crippen LogP contribution in [0.4, 0.5) is 0 Å². The first-order chi connectivity index (χ1) is 12.4. The Kier molecular flexibility index (Phi) is 5.50. The summed E-state index contributed by atoms with van der Waals surface area (Å²) in [6.45, 7) is 1.98. The van der Waals surface area contributed by atoms with Crippen LogP contribution in [0, 0.1) is 0 Å². The van der Waals surface area contributed by atoms with Crippen LogP contribution in [0.25, 0.3) is 11.0 Å². The van der Waals surface area contributed by atoms with Gasteiger partial charge in [-0.3, -0.25) is 18.7 Å². The van der Waals surface area contributed by atoms with E-state index in [-0.39, 0.29) is 23.3 Å². The molecule has 1 aliphatic rings. The molecule has 1 N–H and O–H groups in total. The van der Waals surface area contributed by atoms with E-state index in [1.165, 1.54) is 23.4 Å². The van der Waals surface area contributed by atoms with Crippen molar-refractivity contribution in [3.63, 3.8) is 0 Å². The van der Waals surface area contributed by atoms with E-state index in [2.05, 4.69) is 10.3 Å². The molecular weight excluding hydrogens is 352 g/mol.